The van der Waals surface area contributed by atoms with Gasteiger partial charge in [-0.15, -0.1) is 0 Å². The molecule has 1 aromatic carbocycles. The van der Waals surface area contributed by atoms with E-state index in [-0.39, 0.29) is 6.61 Å². The van der Waals surface area contributed by atoms with Crippen molar-refractivity contribution in [3.63, 3.8) is 0 Å². The second-order valence-corrected chi connectivity index (χ2v) is 4.63. The lowest BCUT2D eigenvalue weighted by molar-refractivity contribution is 0.111. The Morgan fingerprint density at radius 2 is 2.30 bits per heavy atom. The fourth-order valence-corrected chi connectivity index (χ4v) is 1.84. The summed E-state index contributed by atoms with van der Waals surface area (Å²) in [6.45, 7) is 0.170. The summed E-state index contributed by atoms with van der Waals surface area (Å²) >= 11 is 0. The van der Waals surface area contributed by atoms with Crippen molar-refractivity contribution in [2.75, 3.05) is 7.11 Å². The van der Waals surface area contributed by atoms with E-state index >= 15 is 0 Å². The summed E-state index contributed by atoms with van der Waals surface area (Å²) in [6, 6.07) is 5.03. The number of rotatable bonds is 6. The predicted octanol–water partition coefficient (Wildman–Crippen LogP) is 2.35. The van der Waals surface area contributed by atoms with Crippen LogP contribution in [0.2, 0.25) is 0 Å². The van der Waals surface area contributed by atoms with E-state index in [0.717, 1.165) is 19.1 Å². The molecule has 3 rings (SSSR count). The van der Waals surface area contributed by atoms with Crippen LogP contribution in [-0.2, 0) is 6.61 Å². The summed E-state index contributed by atoms with van der Waals surface area (Å²) in [6.07, 6.45) is 2.94. The molecule has 1 saturated carbocycles. The van der Waals surface area contributed by atoms with Gasteiger partial charge in [-0.2, -0.15) is 4.98 Å². The molecule has 6 heteroatoms. The van der Waals surface area contributed by atoms with Crippen molar-refractivity contribution < 1.29 is 18.8 Å². The van der Waals surface area contributed by atoms with Crippen LogP contribution in [0.5, 0.6) is 11.5 Å². The lowest BCUT2D eigenvalue weighted by Gasteiger charge is -2.07. The fraction of sp³-hybridized carbons (Fsp3) is 0.357. The topological polar surface area (TPSA) is 74.5 Å². The average Bonchev–Trinajstić information content (AvgIpc) is 3.24. The highest BCUT2D eigenvalue weighted by atomic mass is 16.5. The van der Waals surface area contributed by atoms with Crippen LogP contribution < -0.4 is 9.47 Å². The molecule has 0 atom stereocenters. The molecule has 2 aromatic rings. The molecule has 0 N–H and O–H groups in total. The molecule has 6 nitrogen and oxygen atoms in total. The van der Waals surface area contributed by atoms with Crippen molar-refractivity contribution in [1.29, 1.82) is 0 Å². The number of ether oxygens (including phenoxy) is 2. The number of hydrogen-bond donors (Lipinski definition) is 0. The van der Waals surface area contributed by atoms with Gasteiger partial charge in [-0.3, -0.25) is 4.79 Å². The first-order valence-corrected chi connectivity index (χ1v) is 6.38. The van der Waals surface area contributed by atoms with Gasteiger partial charge >= 0.3 is 0 Å². The zero-order chi connectivity index (χ0) is 13.9. The van der Waals surface area contributed by atoms with Crippen LogP contribution in [-0.4, -0.2) is 23.5 Å². The van der Waals surface area contributed by atoms with Gasteiger partial charge in [0.15, 0.2) is 12.9 Å². The highest BCUT2D eigenvalue weighted by molar-refractivity contribution is 5.80. The predicted molar refractivity (Wildman–Crippen MR) is 69.0 cm³/mol. The number of nitrogens with zero attached hydrogens (tertiary/aromatic N) is 2. The highest BCUT2D eigenvalue weighted by Gasteiger charge is 2.29. The Morgan fingerprint density at radius 1 is 1.45 bits per heavy atom. The van der Waals surface area contributed by atoms with Gasteiger partial charge in [0, 0.05) is 5.92 Å². The quantitative estimate of drug-likeness (QED) is 0.753. The number of aromatic nitrogens is 2. The van der Waals surface area contributed by atoms with Crippen molar-refractivity contribution in [2.45, 2.75) is 25.4 Å². The molecular weight excluding hydrogens is 260 g/mol. The van der Waals surface area contributed by atoms with E-state index in [0.29, 0.717) is 34.7 Å². The fourth-order valence-electron chi connectivity index (χ4n) is 1.84. The van der Waals surface area contributed by atoms with Crippen LogP contribution in [0.4, 0.5) is 0 Å². The van der Waals surface area contributed by atoms with Crippen molar-refractivity contribution in [1.82, 2.24) is 10.1 Å². The minimum absolute atomic E-state index is 0.170. The van der Waals surface area contributed by atoms with E-state index in [9.17, 15) is 4.79 Å². The van der Waals surface area contributed by atoms with Crippen molar-refractivity contribution in [3.8, 4) is 11.5 Å². The zero-order valence-corrected chi connectivity index (χ0v) is 11.0. The lowest BCUT2D eigenvalue weighted by Crippen LogP contribution is -2.00. The smallest absolute Gasteiger partial charge is 0.229 e. The maximum absolute atomic E-state index is 11.0. The minimum atomic E-state index is 0.170. The van der Waals surface area contributed by atoms with Crippen molar-refractivity contribution in [2.24, 2.45) is 0 Å². The number of carbonyl (C=O) groups is 1. The largest absolute Gasteiger partial charge is 0.497 e. The summed E-state index contributed by atoms with van der Waals surface area (Å²) in [7, 11) is 1.54. The molecule has 0 saturated heterocycles. The van der Waals surface area contributed by atoms with Gasteiger partial charge in [-0.1, -0.05) is 5.16 Å². The van der Waals surface area contributed by atoms with E-state index < -0.39 is 0 Å². The SMILES string of the molecule is COc1ccc(OCc2noc(C3CC3)n2)c(C=O)c1. The number of benzene rings is 1. The Kier molecular flexibility index (Phi) is 3.37. The average molecular weight is 274 g/mol. The Bertz CT molecular complexity index is 619. The second-order valence-electron chi connectivity index (χ2n) is 4.63. The number of aldehydes is 1. The summed E-state index contributed by atoms with van der Waals surface area (Å²) in [5, 5.41) is 3.86. The van der Waals surface area contributed by atoms with E-state index in [1.165, 1.54) is 0 Å². The summed E-state index contributed by atoms with van der Waals surface area (Å²) < 4.78 is 15.8. The zero-order valence-electron chi connectivity index (χ0n) is 11.0. The van der Waals surface area contributed by atoms with Crippen LogP contribution in [0.15, 0.2) is 22.7 Å². The highest BCUT2D eigenvalue weighted by Crippen LogP contribution is 2.38. The van der Waals surface area contributed by atoms with Crippen LogP contribution in [0.3, 0.4) is 0 Å². The van der Waals surface area contributed by atoms with E-state index in [2.05, 4.69) is 10.1 Å². The third-order valence-corrected chi connectivity index (χ3v) is 3.11. The molecule has 1 aromatic heterocycles. The Labute approximate surface area is 115 Å². The Hall–Kier alpha value is -2.37. The van der Waals surface area contributed by atoms with Gasteiger partial charge in [0.2, 0.25) is 11.7 Å². The van der Waals surface area contributed by atoms with Gasteiger partial charge in [0.25, 0.3) is 0 Å². The number of hydrogen-bond acceptors (Lipinski definition) is 6. The molecule has 0 radical (unpaired) electrons. The van der Waals surface area contributed by atoms with Crippen molar-refractivity contribution in [3.05, 3.63) is 35.5 Å². The molecule has 1 fully saturated rings. The molecule has 0 spiro atoms. The van der Waals surface area contributed by atoms with Gasteiger partial charge in [-0.25, -0.2) is 0 Å². The Balaban J connectivity index is 1.68. The lowest BCUT2D eigenvalue weighted by atomic mass is 10.2. The van der Waals surface area contributed by atoms with Crippen LogP contribution in [0.25, 0.3) is 0 Å². The maximum atomic E-state index is 11.0. The van der Waals surface area contributed by atoms with Gasteiger partial charge in [0.05, 0.1) is 12.7 Å². The third-order valence-electron chi connectivity index (χ3n) is 3.11. The minimum Gasteiger partial charge on any atom is -0.497 e. The third kappa shape index (κ3) is 2.64. The summed E-state index contributed by atoms with van der Waals surface area (Å²) in [4.78, 5) is 15.3. The second kappa shape index (κ2) is 5.32. The molecule has 1 aliphatic rings. The first kappa shape index (κ1) is 12.7. The van der Waals surface area contributed by atoms with E-state index in [4.69, 9.17) is 14.0 Å². The van der Waals surface area contributed by atoms with E-state index in [1.807, 2.05) is 0 Å². The first-order chi connectivity index (χ1) is 9.80. The molecule has 20 heavy (non-hydrogen) atoms. The Morgan fingerprint density at radius 3 is 3.00 bits per heavy atom. The first-order valence-electron chi connectivity index (χ1n) is 6.38. The van der Waals surface area contributed by atoms with Gasteiger partial charge in [0.1, 0.15) is 11.5 Å². The monoisotopic (exact) mass is 274 g/mol. The standard InChI is InChI=1S/C14H14N2O4/c1-18-11-4-5-12(10(6-11)7-17)19-8-13-15-14(20-16-13)9-2-3-9/h4-7,9H,2-3,8H2,1H3. The van der Waals surface area contributed by atoms with Crippen LogP contribution in [0.1, 0.15) is 40.8 Å². The number of carbonyl (C=O) groups excluding carboxylic acids is 1. The summed E-state index contributed by atoms with van der Waals surface area (Å²) in [5.74, 6) is 2.66. The summed E-state index contributed by atoms with van der Waals surface area (Å²) in [5.41, 5.74) is 0.426. The molecule has 1 heterocycles. The van der Waals surface area contributed by atoms with Gasteiger partial charge < -0.3 is 14.0 Å². The normalized spacial score (nSPS) is 14.1. The van der Waals surface area contributed by atoms with Crippen LogP contribution >= 0.6 is 0 Å². The number of methoxy groups -OCH3 is 1. The molecule has 0 unspecified atom stereocenters. The van der Waals surface area contributed by atoms with E-state index in [1.54, 1.807) is 25.3 Å². The molecule has 104 valence electrons. The van der Waals surface area contributed by atoms with Gasteiger partial charge in [-0.05, 0) is 31.0 Å². The van der Waals surface area contributed by atoms with Crippen LogP contribution in [0, 0.1) is 0 Å². The molecule has 1 aliphatic carbocycles. The molecule has 0 bridgehead atoms. The molecule has 0 amide bonds. The van der Waals surface area contributed by atoms with Crippen molar-refractivity contribution >= 4 is 6.29 Å². The maximum Gasteiger partial charge on any atom is 0.229 e. The molecule has 0 aliphatic heterocycles. The molecular formula is C14H14N2O4.